The summed E-state index contributed by atoms with van der Waals surface area (Å²) in [5.74, 6) is 0.285. The van der Waals surface area contributed by atoms with E-state index < -0.39 is 0 Å². The van der Waals surface area contributed by atoms with Gasteiger partial charge in [0, 0.05) is 18.8 Å². The first-order chi connectivity index (χ1) is 10.7. The molecule has 1 aliphatic rings. The summed E-state index contributed by atoms with van der Waals surface area (Å²) in [5.41, 5.74) is 3.30. The molecular formula is C18H21N3O. The predicted molar refractivity (Wildman–Crippen MR) is 90.5 cm³/mol. The maximum atomic E-state index is 9.34. The van der Waals surface area contributed by atoms with E-state index in [2.05, 4.69) is 34.2 Å². The first-order valence-electron chi connectivity index (χ1n) is 7.62. The van der Waals surface area contributed by atoms with Gasteiger partial charge in [-0.2, -0.15) is 5.10 Å². The van der Waals surface area contributed by atoms with E-state index in [9.17, 15) is 5.11 Å². The van der Waals surface area contributed by atoms with E-state index in [4.69, 9.17) is 5.10 Å². The summed E-state index contributed by atoms with van der Waals surface area (Å²) < 4.78 is 0. The van der Waals surface area contributed by atoms with Crippen molar-refractivity contribution in [3.05, 3.63) is 60.2 Å². The molecule has 1 fully saturated rings. The van der Waals surface area contributed by atoms with Crippen LogP contribution in [0.15, 0.2) is 59.7 Å². The van der Waals surface area contributed by atoms with Crippen molar-refractivity contribution < 1.29 is 5.11 Å². The number of anilines is 1. The van der Waals surface area contributed by atoms with Crippen LogP contribution in [0.4, 0.5) is 5.69 Å². The fourth-order valence-corrected chi connectivity index (χ4v) is 2.67. The number of hydrazone groups is 1. The van der Waals surface area contributed by atoms with Gasteiger partial charge in [0.05, 0.1) is 18.8 Å². The van der Waals surface area contributed by atoms with Crippen molar-refractivity contribution in [1.82, 2.24) is 5.01 Å². The van der Waals surface area contributed by atoms with Crippen molar-refractivity contribution in [2.75, 3.05) is 31.1 Å². The number of phenols is 1. The number of nitrogens with zero attached hydrogens (tertiary/aromatic N) is 3. The SMILES string of the molecule is C/C(=N\N1CCN(c2ccccc2)CC1)c1ccc(O)cc1. The van der Waals surface area contributed by atoms with Gasteiger partial charge in [0.25, 0.3) is 0 Å². The summed E-state index contributed by atoms with van der Waals surface area (Å²) in [6.07, 6.45) is 0. The molecule has 0 atom stereocenters. The molecule has 1 aliphatic heterocycles. The molecule has 0 bridgehead atoms. The fourth-order valence-electron chi connectivity index (χ4n) is 2.67. The maximum absolute atomic E-state index is 9.34. The Bertz CT molecular complexity index is 629. The number of phenolic OH excluding ortho intramolecular Hbond substituents is 1. The summed E-state index contributed by atoms with van der Waals surface area (Å²) in [6, 6.07) is 17.7. The summed E-state index contributed by atoms with van der Waals surface area (Å²) in [4.78, 5) is 2.39. The quantitative estimate of drug-likeness (QED) is 0.885. The van der Waals surface area contributed by atoms with Gasteiger partial charge in [0.2, 0.25) is 0 Å². The zero-order chi connectivity index (χ0) is 15.4. The Hall–Kier alpha value is -2.49. The summed E-state index contributed by atoms with van der Waals surface area (Å²) in [6.45, 7) is 5.82. The summed E-state index contributed by atoms with van der Waals surface area (Å²) in [7, 11) is 0. The van der Waals surface area contributed by atoms with E-state index in [1.54, 1.807) is 12.1 Å². The largest absolute Gasteiger partial charge is 0.508 e. The predicted octanol–water partition coefficient (Wildman–Crippen LogP) is 2.94. The van der Waals surface area contributed by atoms with Gasteiger partial charge in [-0.05, 0) is 48.9 Å². The Morgan fingerprint density at radius 1 is 0.909 bits per heavy atom. The van der Waals surface area contributed by atoms with E-state index in [1.807, 2.05) is 25.1 Å². The highest BCUT2D eigenvalue weighted by Gasteiger charge is 2.16. The van der Waals surface area contributed by atoms with E-state index in [-0.39, 0.29) is 5.75 Å². The molecular weight excluding hydrogens is 274 g/mol. The lowest BCUT2D eigenvalue weighted by atomic mass is 10.1. The molecule has 0 aromatic heterocycles. The Morgan fingerprint density at radius 2 is 1.55 bits per heavy atom. The first-order valence-corrected chi connectivity index (χ1v) is 7.62. The highest BCUT2D eigenvalue weighted by atomic mass is 16.3. The summed E-state index contributed by atoms with van der Waals surface area (Å²) >= 11 is 0. The Kier molecular flexibility index (Phi) is 4.28. The second-order valence-electron chi connectivity index (χ2n) is 5.51. The van der Waals surface area contributed by atoms with Crippen LogP contribution in [0.2, 0.25) is 0 Å². The number of para-hydroxylation sites is 1. The van der Waals surface area contributed by atoms with E-state index in [0.29, 0.717) is 0 Å². The minimum atomic E-state index is 0.285. The molecule has 0 spiro atoms. The third kappa shape index (κ3) is 3.39. The number of hydrogen-bond acceptors (Lipinski definition) is 4. The van der Waals surface area contributed by atoms with Crippen molar-refractivity contribution in [2.24, 2.45) is 5.10 Å². The molecule has 2 aromatic rings. The van der Waals surface area contributed by atoms with Gasteiger partial charge in [-0.3, -0.25) is 5.01 Å². The van der Waals surface area contributed by atoms with Gasteiger partial charge in [-0.1, -0.05) is 18.2 Å². The second kappa shape index (κ2) is 6.52. The Morgan fingerprint density at radius 3 is 2.18 bits per heavy atom. The fraction of sp³-hybridized carbons (Fsp3) is 0.278. The normalized spacial score (nSPS) is 16.0. The molecule has 3 rings (SSSR count). The van der Waals surface area contributed by atoms with Crippen molar-refractivity contribution in [3.8, 4) is 5.75 Å². The lowest BCUT2D eigenvalue weighted by Gasteiger charge is -2.34. The molecule has 0 amide bonds. The molecule has 1 heterocycles. The third-order valence-electron chi connectivity index (χ3n) is 3.95. The monoisotopic (exact) mass is 295 g/mol. The van der Waals surface area contributed by atoms with Gasteiger partial charge < -0.3 is 10.0 Å². The molecule has 4 nitrogen and oxygen atoms in total. The van der Waals surface area contributed by atoms with Crippen molar-refractivity contribution >= 4 is 11.4 Å². The van der Waals surface area contributed by atoms with Gasteiger partial charge in [-0.25, -0.2) is 0 Å². The molecule has 2 aromatic carbocycles. The number of piperazine rings is 1. The Labute approximate surface area is 131 Å². The van der Waals surface area contributed by atoms with Gasteiger partial charge >= 0.3 is 0 Å². The lowest BCUT2D eigenvalue weighted by Crippen LogP contribution is -2.44. The zero-order valence-corrected chi connectivity index (χ0v) is 12.8. The molecule has 22 heavy (non-hydrogen) atoms. The van der Waals surface area contributed by atoms with Crippen LogP contribution in [0.1, 0.15) is 12.5 Å². The molecule has 1 saturated heterocycles. The minimum absolute atomic E-state index is 0.285. The third-order valence-corrected chi connectivity index (χ3v) is 3.95. The second-order valence-corrected chi connectivity index (χ2v) is 5.51. The molecule has 0 saturated carbocycles. The molecule has 0 radical (unpaired) electrons. The van der Waals surface area contributed by atoms with Crippen LogP contribution in [0.25, 0.3) is 0 Å². The number of rotatable bonds is 3. The smallest absolute Gasteiger partial charge is 0.115 e. The zero-order valence-electron chi connectivity index (χ0n) is 12.8. The van der Waals surface area contributed by atoms with Crippen molar-refractivity contribution in [2.45, 2.75) is 6.92 Å². The van der Waals surface area contributed by atoms with Crippen LogP contribution < -0.4 is 4.90 Å². The van der Waals surface area contributed by atoms with Crippen LogP contribution in [-0.2, 0) is 0 Å². The van der Waals surface area contributed by atoms with Crippen LogP contribution >= 0.6 is 0 Å². The number of benzene rings is 2. The van der Waals surface area contributed by atoms with Crippen LogP contribution in [0, 0.1) is 0 Å². The van der Waals surface area contributed by atoms with Gasteiger partial charge in [0.1, 0.15) is 5.75 Å². The van der Waals surface area contributed by atoms with E-state index in [1.165, 1.54) is 5.69 Å². The highest BCUT2D eigenvalue weighted by molar-refractivity contribution is 5.98. The van der Waals surface area contributed by atoms with Crippen molar-refractivity contribution in [3.63, 3.8) is 0 Å². The van der Waals surface area contributed by atoms with Crippen LogP contribution in [-0.4, -0.2) is 42.0 Å². The van der Waals surface area contributed by atoms with E-state index >= 15 is 0 Å². The standard InChI is InChI=1S/C18H21N3O/c1-15(16-7-9-18(22)10-8-16)19-21-13-11-20(12-14-21)17-5-3-2-4-6-17/h2-10,22H,11-14H2,1H3/b19-15+. The molecule has 0 unspecified atom stereocenters. The average molecular weight is 295 g/mol. The topological polar surface area (TPSA) is 39.1 Å². The minimum Gasteiger partial charge on any atom is -0.508 e. The number of aromatic hydroxyl groups is 1. The Balaban J connectivity index is 1.61. The maximum Gasteiger partial charge on any atom is 0.115 e. The van der Waals surface area contributed by atoms with Gasteiger partial charge in [-0.15, -0.1) is 0 Å². The van der Waals surface area contributed by atoms with E-state index in [0.717, 1.165) is 37.5 Å². The van der Waals surface area contributed by atoms with Crippen molar-refractivity contribution in [1.29, 1.82) is 0 Å². The number of hydrogen-bond donors (Lipinski definition) is 1. The van der Waals surface area contributed by atoms with Crippen LogP contribution in [0.3, 0.4) is 0 Å². The molecule has 1 N–H and O–H groups in total. The summed E-state index contributed by atoms with van der Waals surface area (Å²) in [5, 5.41) is 16.2. The van der Waals surface area contributed by atoms with Gasteiger partial charge in [0.15, 0.2) is 0 Å². The molecule has 0 aliphatic carbocycles. The lowest BCUT2D eigenvalue weighted by molar-refractivity contribution is 0.270. The van der Waals surface area contributed by atoms with Crippen LogP contribution in [0.5, 0.6) is 5.75 Å². The highest BCUT2D eigenvalue weighted by Crippen LogP contribution is 2.16. The average Bonchev–Trinajstić information content (AvgIpc) is 2.57. The molecule has 114 valence electrons. The molecule has 4 heteroatoms. The first kappa shape index (κ1) is 14.4.